The molecule has 1 rings (SSSR count). The van der Waals surface area contributed by atoms with Crippen LogP contribution in [0.3, 0.4) is 0 Å². The van der Waals surface area contributed by atoms with Crippen LogP contribution in [0.4, 0.5) is 0 Å². The minimum Gasteiger partial charge on any atom is -0.497 e. The zero-order valence-corrected chi connectivity index (χ0v) is 13.7. The third kappa shape index (κ3) is 4.35. The van der Waals surface area contributed by atoms with E-state index in [1.165, 1.54) is 14.2 Å². The van der Waals surface area contributed by atoms with Crippen molar-refractivity contribution in [1.29, 1.82) is 0 Å². The van der Waals surface area contributed by atoms with E-state index in [0.29, 0.717) is 22.4 Å². The number of halogens is 1. The Morgan fingerprint density at radius 2 is 2.00 bits per heavy atom. The SMILES string of the molecule is CCC(CNC(=O)c1cc(OC)cc(Br)c1OC)C(=O)O. The molecule has 0 spiro atoms. The lowest BCUT2D eigenvalue weighted by Gasteiger charge is -2.14. The van der Waals surface area contributed by atoms with E-state index < -0.39 is 17.8 Å². The zero-order valence-electron chi connectivity index (χ0n) is 12.1. The lowest BCUT2D eigenvalue weighted by molar-refractivity contribution is -0.141. The Morgan fingerprint density at radius 1 is 1.33 bits per heavy atom. The summed E-state index contributed by atoms with van der Waals surface area (Å²) in [6.07, 6.45) is 0.439. The summed E-state index contributed by atoms with van der Waals surface area (Å²) >= 11 is 3.31. The van der Waals surface area contributed by atoms with Gasteiger partial charge in [-0.1, -0.05) is 6.92 Å². The molecule has 1 aromatic carbocycles. The Morgan fingerprint density at radius 3 is 2.48 bits per heavy atom. The van der Waals surface area contributed by atoms with Gasteiger partial charge in [0.05, 0.1) is 30.2 Å². The summed E-state index contributed by atoms with van der Waals surface area (Å²) in [5, 5.41) is 11.6. The van der Waals surface area contributed by atoms with E-state index in [1.807, 2.05) is 0 Å². The quantitative estimate of drug-likeness (QED) is 0.780. The molecule has 0 aliphatic carbocycles. The summed E-state index contributed by atoms with van der Waals surface area (Å²) in [6.45, 7) is 1.82. The summed E-state index contributed by atoms with van der Waals surface area (Å²) in [5.41, 5.74) is 0.281. The number of amides is 1. The van der Waals surface area contributed by atoms with Gasteiger partial charge in [0.15, 0.2) is 0 Å². The number of nitrogens with one attached hydrogen (secondary N) is 1. The fourth-order valence-corrected chi connectivity index (χ4v) is 2.38. The lowest BCUT2D eigenvalue weighted by Crippen LogP contribution is -2.32. The van der Waals surface area contributed by atoms with Gasteiger partial charge in [-0.2, -0.15) is 0 Å². The van der Waals surface area contributed by atoms with Crippen molar-refractivity contribution in [2.24, 2.45) is 5.92 Å². The van der Waals surface area contributed by atoms with E-state index in [-0.39, 0.29) is 12.1 Å². The molecule has 1 amide bonds. The second-order valence-electron chi connectivity index (χ2n) is 4.34. The Kier molecular flexibility index (Phi) is 6.48. The van der Waals surface area contributed by atoms with Crippen LogP contribution in [0.25, 0.3) is 0 Å². The zero-order chi connectivity index (χ0) is 16.0. The minimum absolute atomic E-state index is 0.0582. The second-order valence-corrected chi connectivity index (χ2v) is 5.20. The van der Waals surface area contributed by atoms with Crippen LogP contribution in [0.15, 0.2) is 16.6 Å². The predicted octanol–water partition coefficient (Wildman–Crippen LogP) is 2.31. The van der Waals surface area contributed by atoms with Crippen LogP contribution in [0.5, 0.6) is 11.5 Å². The Balaban J connectivity index is 2.96. The maximum atomic E-state index is 12.2. The van der Waals surface area contributed by atoms with Gasteiger partial charge in [-0.3, -0.25) is 9.59 Å². The first kappa shape index (κ1) is 17.3. The van der Waals surface area contributed by atoms with E-state index in [9.17, 15) is 9.59 Å². The third-order valence-corrected chi connectivity index (χ3v) is 3.64. The molecule has 0 radical (unpaired) electrons. The molecule has 2 N–H and O–H groups in total. The second kappa shape index (κ2) is 7.87. The van der Waals surface area contributed by atoms with Crippen LogP contribution >= 0.6 is 15.9 Å². The first-order chi connectivity index (χ1) is 9.94. The number of ether oxygens (including phenoxy) is 2. The number of carbonyl (C=O) groups excluding carboxylic acids is 1. The van der Waals surface area contributed by atoms with Crippen molar-refractivity contribution in [1.82, 2.24) is 5.32 Å². The van der Waals surface area contributed by atoms with Crippen molar-refractivity contribution in [3.63, 3.8) is 0 Å². The molecule has 0 bridgehead atoms. The molecular formula is C14H18BrNO5. The van der Waals surface area contributed by atoms with Crippen molar-refractivity contribution < 1.29 is 24.2 Å². The Hall–Kier alpha value is -1.76. The summed E-state index contributed by atoms with van der Waals surface area (Å²) < 4.78 is 10.9. The normalized spacial score (nSPS) is 11.6. The van der Waals surface area contributed by atoms with Gasteiger partial charge in [0.2, 0.25) is 0 Å². The molecule has 21 heavy (non-hydrogen) atoms. The molecular weight excluding hydrogens is 342 g/mol. The standard InChI is InChI=1S/C14H18BrNO5/c1-4-8(14(18)19)7-16-13(17)10-5-9(20-2)6-11(15)12(10)21-3/h5-6,8H,4,7H2,1-3H3,(H,16,17)(H,18,19). The van der Waals surface area contributed by atoms with Crippen LogP contribution in [-0.2, 0) is 4.79 Å². The highest BCUT2D eigenvalue weighted by Gasteiger charge is 2.20. The van der Waals surface area contributed by atoms with Gasteiger partial charge in [-0.25, -0.2) is 0 Å². The molecule has 1 atom stereocenters. The minimum atomic E-state index is -0.934. The van der Waals surface area contributed by atoms with Crippen LogP contribution in [-0.4, -0.2) is 37.7 Å². The molecule has 1 unspecified atom stereocenters. The number of benzene rings is 1. The van der Waals surface area contributed by atoms with Gasteiger partial charge < -0.3 is 19.9 Å². The number of rotatable bonds is 7. The Labute approximate surface area is 131 Å². The summed E-state index contributed by atoms with van der Waals surface area (Å²) in [6, 6.07) is 3.22. The number of carboxylic acids is 1. The van der Waals surface area contributed by atoms with Gasteiger partial charge in [0.25, 0.3) is 5.91 Å². The fraction of sp³-hybridized carbons (Fsp3) is 0.429. The molecule has 0 saturated heterocycles. The topological polar surface area (TPSA) is 84.9 Å². The van der Waals surface area contributed by atoms with Crippen molar-refractivity contribution >= 4 is 27.8 Å². The van der Waals surface area contributed by atoms with E-state index in [4.69, 9.17) is 14.6 Å². The largest absolute Gasteiger partial charge is 0.497 e. The first-order valence-electron chi connectivity index (χ1n) is 6.37. The van der Waals surface area contributed by atoms with Gasteiger partial charge in [0.1, 0.15) is 11.5 Å². The molecule has 0 aliphatic heterocycles. The molecule has 0 aliphatic rings. The molecule has 0 aromatic heterocycles. The predicted molar refractivity (Wildman–Crippen MR) is 81.0 cm³/mol. The summed E-state index contributed by atoms with van der Waals surface area (Å²) in [5.74, 6) is -1.09. The average molecular weight is 360 g/mol. The smallest absolute Gasteiger partial charge is 0.308 e. The summed E-state index contributed by atoms with van der Waals surface area (Å²) in [7, 11) is 2.95. The van der Waals surface area contributed by atoms with Crippen LogP contribution in [0.2, 0.25) is 0 Å². The van der Waals surface area contributed by atoms with Crippen molar-refractivity contribution in [3.05, 3.63) is 22.2 Å². The van der Waals surface area contributed by atoms with Crippen LogP contribution < -0.4 is 14.8 Å². The highest BCUT2D eigenvalue weighted by Crippen LogP contribution is 2.33. The van der Waals surface area contributed by atoms with Gasteiger partial charge in [-0.15, -0.1) is 0 Å². The highest BCUT2D eigenvalue weighted by atomic mass is 79.9. The van der Waals surface area contributed by atoms with Crippen LogP contribution in [0, 0.1) is 5.92 Å². The molecule has 0 fully saturated rings. The van der Waals surface area contributed by atoms with E-state index >= 15 is 0 Å². The van der Waals surface area contributed by atoms with E-state index in [0.717, 1.165) is 0 Å². The average Bonchev–Trinajstić information content (AvgIpc) is 2.46. The number of methoxy groups -OCH3 is 2. The monoisotopic (exact) mass is 359 g/mol. The number of hydrogen-bond donors (Lipinski definition) is 2. The van der Waals surface area contributed by atoms with Crippen LogP contribution in [0.1, 0.15) is 23.7 Å². The maximum Gasteiger partial charge on any atom is 0.308 e. The maximum absolute atomic E-state index is 12.2. The van der Waals surface area contributed by atoms with E-state index in [1.54, 1.807) is 19.1 Å². The molecule has 0 heterocycles. The lowest BCUT2D eigenvalue weighted by atomic mass is 10.1. The van der Waals surface area contributed by atoms with Gasteiger partial charge >= 0.3 is 5.97 Å². The number of carboxylic acid groups (broad SMARTS) is 1. The first-order valence-corrected chi connectivity index (χ1v) is 7.16. The summed E-state index contributed by atoms with van der Waals surface area (Å²) in [4.78, 5) is 23.2. The van der Waals surface area contributed by atoms with Gasteiger partial charge in [-0.05, 0) is 34.5 Å². The van der Waals surface area contributed by atoms with Gasteiger partial charge in [0, 0.05) is 6.54 Å². The Bertz CT molecular complexity index is 532. The molecule has 116 valence electrons. The van der Waals surface area contributed by atoms with Crippen molar-refractivity contribution in [2.75, 3.05) is 20.8 Å². The number of carbonyl (C=O) groups is 2. The number of hydrogen-bond acceptors (Lipinski definition) is 4. The molecule has 6 nitrogen and oxygen atoms in total. The molecule has 7 heteroatoms. The fourth-order valence-electron chi connectivity index (χ4n) is 1.78. The third-order valence-electron chi connectivity index (χ3n) is 3.05. The van der Waals surface area contributed by atoms with E-state index in [2.05, 4.69) is 21.2 Å². The highest BCUT2D eigenvalue weighted by molar-refractivity contribution is 9.10. The number of aliphatic carboxylic acids is 1. The molecule has 1 aromatic rings. The van der Waals surface area contributed by atoms with Crippen molar-refractivity contribution in [3.8, 4) is 11.5 Å². The molecule has 0 saturated carbocycles. The van der Waals surface area contributed by atoms with Crippen molar-refractivity contribution in [2.45, 2.75) is 13.3 Å².